The number of rotatable bonds is 6. The Kier molecular flexibility index (Phi) is 5.86. The average Bonchev–Trinajstić information content (AvgIpc) is 2.70. The molecule has 0 amide bonds. The van der Waals surface area contributed by atoms with Gasteiger partial charge in [0.1, 0.15) is 5.75 Å². The summed E-state index contributed by atoms with van der Waals surface area (Å²) < 4.78 is 11.2. The van der Waals surface area contributed by atoms with E-state index in [1.165, 1.54) is 55.5 Å². The average molecular weight is 382 g/mol. The Labute approximate surface area is 167 Å². The van der Waals surface area contributed by atoms with Gasteiger partial charge in [0.2, 0.25) is 0 Å². The molecule has 2 fully saturated rings. The fourth-order valence-electron chi connectivity index (χ4n) is 4.61. The van der Waals surface area contributed by atoms with Crippen molar-refractivity contribution in [2.75, 3.05) is 20.2 Å². The van der Waals surface area contributed by atoms with Crippen LogP contribution >= 0.6 is 0 Å². The third-order valence-corrected chi connectivity index (χ3v) is 6.47. The molecule has 150 valence electrons. The van der Waals surface area contributed by atoms with Gasteiger partial charge in [-0.1, -0.05) is 37.6 Å². The van der Waals surface area contributed by atoms with E-state index in [2.05, 4.69) is 48.2 Å². The molecule has 1 saturated heterocycles. The number of fused-ring (bicyclic) bond motifs is 1. The van der Waals surface area contributed by atoms with E-state index < -0.39 is 0 Å². The third-order valence-electron chi connectivity index (χ3n) is 6.47. The van der Waals surface area contributed by atoms with Crippen molar-refractivity contribution in [1.29, 1.82) is 0 Å². The van der Waals surface area contributed by atoms with Crippen molar-refractivity contribution in [2.45, 2.75) is 51.7 Å². The maximum Gasteiger partial charge on any atom is 0.311 e. The van der Waals surface area contributed by atoms with E-state index in [1.54, 1.807) is 0 Å². The van der Waals surface area contributed by atoms with E-state index >= 15 is 0 Å². The van der Waals surface area contributed by atoms with Gasteiger partial charge in [-0.15, -0.1) is 0 Å². The smallest absolute Gasteiger partial charge is 0.311 e. The summed E-state index contributed by atoms with van der Waals surface area (Å²) in [4.78, 5) is 13.8. The molecule has 0 atom stereocenters. The minimum Gasteiger partial charge on any atom is -0.490 e. The van der Waals surface area contributed by atoms with E-state index in [-0.39, 0.29) is 11.9 Å². The fourth-order valence-corrected chi connectivity index (χ4v) is 4.61. The number of hydrogen-bond acceptors (Lipinski definition) is 4. The van der Waals surface area contributed by atoms with Crippen LogP contribution in [-0.2, 0) is 16.1 Å². The summed E-state index contributed by atoms with van der Waals surface area (Å²) in [6, 6.07) is 13.0. The molecule has 0 aromatic heterocycles. The lowest BCUT2D eigenvalue weighted by Gasteiger charge is -2.37. The van der Waals surface area contributed by atoms with Crippen LogP contribution in [0.15, 0.2) is 36.4 Å². The van der Waals surface area contributed by atoms with Gasteiger partial charge in [0, 0.05) is 25.0 Å². The summed E-state index contributed by atoms with van der Waals surface area (Å²) >= 11 is 0. The maximum absolute atomic E-state index is 11.5. The molecule has 0 N–H and O–H groups in total. The Morgan fingerprint density at radius 1 is 1.11 bits per heavy atom. The molecule has 1 saturated carbocycles. The molecule has 4 heteroatoms. The quantitative estimate of drug-likeness (QED) is 0.674. The molecule has 2 aromatic carbocycles. The maximum atomic E-state index is 11.5. The molecule has 0 radical (unpaired) electrons. The normalized spacial score (nSPS) is 23.4. The Balaban J connectivity index is 1.40. The summed E-state index contributed by atoms with van der Waals surface area (Å²) in [6.07, 6.45) is 6.56. The van der Waals surface area contributed by atoms with Gasteiger partial charge in [-0.2, -0.15) is 0 Å². The Hall–Kier alpha value is -2.07. The van der Waals surface area contributed by atoms with Gasteiger partial charge in [0.05, 0.1) is 19.1 Å². The van der Waals surface area contributed by atoms with Crippen molar-refractivity contribution in [2.24, 2.45) is 11.8 Å². The second-order valence-electron chi connectivity index (χ2n) is 8.39. The zero-order chi connectivity index (χ0) is 19.5. The van der Waals surface area contributed by atoms with E-state index in [0.717, 1.165) is 31.3 Å². The van der Waals surface area contributed by atoms with Crippen LogP contribution in [0, 0.1) is 11.8 Å². The first-order valence-corrected chi connectivity index (χ1v) is 10.6. The molecule has 0 unspecified atom stereocenters. The van der Waals surface area contributed by atoms with Gasteiger partial charge in [-0.3, -0.25) is 9.69 Å². The molecule has 28 heavy (non-hydrogen) atoms. The molecule has 0 spiro atoms. The molecule has 2 aromatic rings. The number of carbonyl (C=O) groups excluding carboxylic acids is 1. The first-order chi connectivity index (χ1) is 13.7. The van der Waals surface area contributed by atoms with Crippen LogP contribution in [0.25, 0.3) is 10.8 Å². The highest BCUT2D eigenvalue weighted by Gasteiger charge is 2.33. The Morgan fingerprint density at radius 3 is 2.61 bits per heavy atom. The van der Waals surface area contributed by atoms with Crippen LogP contribution in [0.5, 0.6) is 5.75 Å². The lowest BCUT2D eigenvalue weighted by molar-refractivity contribution is -0.151. The summed E-state index contributed by atoms with van der Waals surface area (Å²) in [7, 11) is 1.46. The van der Waals surface area contributed by atoms with Crippen LogP contribution in [0.2, 0.25) is 0 Å². The highest BCUT2D eigenvalue weighted by atomic mass is 16.5. The van der Waals surface area contributed by atoms with Crippen molar-refractivity contribution in [3.8, 4) is 5.75 Å². The zero-order valence-corrected chi connectivity index (χ0v) is 17.0. The SMILES string of the molecule is CCC1CCC(Oc2cccc3cc(CN4CC(C(=O)OC)C4)ccc23)CC1. The number of likely N-dealkylation sites (tertiary alicyclic amines) is 1. The van der Waals surface area contributed by atoms with Crippen LogP contribution in [-0.4, -0.2) is 37.2 Å². The van der Waals surface area contributed by atoms with E-state index in [9.17, 15) is 4.79 Å². The van der Waals surface area contributed by atoms with Crippen molar-refractivity contribution in [1.82, 2.24) is 4.90 Å². The van der Waals surface area contributed by atoms with Gasteiger partial charge in [0.25, 0.3) is 0 Å². The van der Waals surface area contributed by atoms with Gasteiger partial charge in [-0.25, -0.2) is 0 Å². The molecule has 1 aliphatic heterocycles. The predicted octanol–water partition coefficient (Wildman–Crippen LogP) is 4.79. The number of esters is 1. The summed E-state index contributed by atoms with van der Waals surface area (Å²) in [5, 5.41) is 2.42. The van der Waals surface area contributed by atoms with E-state index in [0.29, 0.717) is 6.10 Å². The largest absolute Gasteiger partial charge is 0.490 e. The van der Waals surface area contributed by atoms with Crippen molar-refractivity contribution in [3.63, 3.8) is 0 Å². The summed E-state index contributed by atoms with van der Waals surface area (Å²) in [5.41, 5.74) is 1.27. The second-order valence-corrected chi connectivity index (χ2v) is 8.39. The number of carbonyl (C=O) groups is 1. The van der Waals surface area contributed by atoms with Gasteiger partial charge in [-0.05, 0) is 54.7 Å². The minimum atomic E-state index is -0.0930. The van der Waals surface area contributed by atoms with Crippen molar-refractivity contribution < 1.29 is 14.3 Å². The first-order valence-electron chi connectivity index (χ1n) is 10.6. The van der Waals surface area contributed by atoms with Crippen molar-refractivity contribution in [3.05, 3.63) is 42.0 Å². The minimum absolute atomic E-state index is 0.0354. The van der Waals surface area contributed by atoms with Gasteiger partial charge < -0.3 is 9.47 Å². The molecular formula is C24H31NO3. The van der Waals surface area contributed by atoms with Crippen LogP contribution < -0.4 is 4.74 Å². The fraction of sp³-hybridized carbons (Fsp3) is 0.542. The molecule has 4 rings (SSSR count). The number of hydrogen-bond donors (Lipinski definition) is 0. The van der Waals surface area contributed by atoms with Crippen LogP contribution in [0.1, 0.15) is 44.6 Å². The highest BCUT2D eigenvalue weighted by Crippen LogP contribution is 2.33. The topological polar surface area (TPSA) is 38.8 Å². The lowest BCUT2D eigenvalue weighted by Crippen LogP contribution is -2.49. The number of methoxy groups -OCH3 is 1. The van der Waals surface area contributed by atoms with Crippen molar-refractivity contribution >= 4 is 16.7 Å². The second kappa shape index (κ2) is 8.52. The predicted molar refractivity (Wildman–Crippen MR) is 111 cm³/mol. The molecule has 1 aliphatic carbocycles. The molecular weight excluding hydrogens is 350 g/mol. The zero-order valence-electron chi connectivity index (χ0n) is 17.0. The number of nitrogens with zero attached hydrogens (tertiary/aromatic N) is 1. The standard InChI is InChI=1S/C24H31NO3/c1-3-17-7-10-21(11-8-17)28-23-6-4-5-19-13-18(9-12-22(19)23)14-25-15-20(16-25)24(26)27-2/h4-6,9,12-13,17,20-21H,3,7-8,10-11,14-16H2,1-2H3. The van der Waals surface area contributed by atoms with Gasteiger partial charge in [0.15, 0.2) is 0 Å². The monoisotopic (exact) mass is 381 g/mol. The Morgan fingerprint density at radius 2 is 1.89 bits per heavy atom. The molecule has 1 heterocycles. The van der Waals surface area contributed by atoms with Gasteiger partial charge >= 0.3 is 5.97 Å². The third kappa shape index (κ3) is 4.17. The van der Waals surface area contributed by atoms with Crippen LogP contribution in [0.4, 0.5) is 0 Å². The molecule has 0 bridgehead atoms. The number of ether oxygens (including phenoxy) is 2. The van der Waals surface area contributed by atoms with Crippen LogP contribution in [0.3, 0.4) is 0 Å². The highest BCUT2D eigenvalue weighted by molar-refractivity contribution is 5.88. The Bertz CT molecular complexity index is 820. The number of benzene rings is 2. The first kappa shape index (κ1) is 19.3. The van der Waals surface area contributed by atoms with E-state index in [1.807, 2.05) is 0 Å². The molecule has 4 nitrogen and oxygen atoms in total. The summed E-state index contributed by atoms with van der Waals surface area (Å²) in [5.74, 6) is 1.84. The molecule has 2 aliphatic rings. The lowest BCUT2D eigenvalue weighted by atomic mass is 9.86. The summed E-state index contributed by atoms with van der Waals surface area (Å²) in [6.45, 7) is 4.74. The van der Waals surface area contributed by atoms with E-state index in [4.69, 9.17) is 9.47 Å².